The van der Waals surface area contributed by atoms with Crippen molar-refractivity contribution in [2.45, 2.75) is 50.6 Å². The van der Waals surface area contributed by atoms with Crippen molar-refractivity contribution in [1.29, 1.82) is 0 Å². The Morgan fingerprint density at radius 3 is 2.57 bits per heavy atom. The van der Waals surface area contributed by atoms with E-state index in [9.17, 15) is 4.79 Å². The molecule has 2 aliphatic heterocycles. The molecule has 0 radical (unpaired) electrons. The number of hydrogen-bond donors (Lipinski definition) is 1. The number of nitrogens with zero attached hydrogens (tertiary/aromatic N) is 2. The quantitative estimate of drug-likeness (QED) is 0.820. The molecule has 3 fully saturated rings. The third kappa shape index (κ3) is 3.10. The molecule has 1 N–H and O–H groups in total. The Morgan fingerprint density at radius 2 is 1.86 bits per heavy atom. The zero-order valence-electron chi connectivity index (χ0n) is 13.3. The number of piperazine rings is 1. The molecule has 0 aromatic heterocycles. The highest BCUT2D eigenvalue weighted by Crippen LogP contribution is 2.36. The third-order valence-corrected chi connectivity index (χ3v) is 5.52. The molecule has 3 aliphatic rings. The topological polar surface area (TPSA) is 44.8 Å². The maximum Gasteiger partial charge on any atom is 0.239 e. The standard InChI is InChI=1S/C16H29N3O2/c1-14(15(20)18-9-11-21-12-10-18)19-8-7-17-13-16(19)5-3-2-4-6-16/h14,17H,2-13H2,1H3. The molecule has 1 spiro atoms. The average molecular weight is 295 g/mol. The van der Waals surface area contributed by atoms with E-state index in [-0.39, 0.29) is 11.6 Å². The summed E-state index contributed by atoms with van der Waals surface area (Å²) in [7, 11) is 0. The van der Waals surface area contributed by atoms with Crippen molar-refractivity contribution < 1.29 is 9.53 Å². The summed E-state index contributed by atoms with van der Waals surface area (Å²) in [5.41, 5.74) is 0.220. The van der Waals surface area contributed by atoms with Gasteiger partial charge in [-0.05, 0) is 19.8 Å². The Kier molecular flexibility index (Phi) is 4.82. The van der Waals surface area contributed by atoms with Crippen LogP contribution in [0.2, 0.25) is 0 Å². The van der Waals surface area contributed by atoms with Crippen LogP contribution in [0.25, 0.3) is 0 Å². The molecular weight excluding hydrogens is 266 g/mol. The molecule has 1 unspecified atom stereocenters. The second kappa shape index (κ2) is 6.63. The zero-order chi connectivity index (χ0) is 14.7. The van der Waals surface area contributed by atoms with Crippen LogP contribution in [-0.2, 0) is 9.53 Å². The van der Waals surface area contributed by atoms with Crippen LogP contribution in [0, 0.1) is 0 Å². The SMILES string of the molecule is CC(C(=O)N1CCOCC1)N1CCNCC12CCCCC2. The fraction of sp³-hybridized carbons (Fsp3) is 0.938. The molecule has 3 rings (SSSR count). The van der Waals surface area contributed by atoms with Crippen molar-refractivity contribution in [3.8, 4) is 0 Å². The van der Waals surface area contributed by atoms with Crippen molar-refractivity contribution in [3.05, 3.63) is 0 Å². The van der Waals surface area contributed by atoms with Gasteiger partial charge in [-0.25, -0.2) is 0 Å². The molecule has 0 bridgehead atoms. The van der Waals surface area contributed by atoms with E-state index >= 15 is 0 Å². The monoisotopic (exact) mass is 295 g/mol. The first kappa shape index (κ1) is 15.3. The number of rotatable bonds is 2. The number of carbonyl (C=O) groups is 1. The first-order valence-corrected chi connectivity index (χ1v) is 8.57. The van der Waals surface area contributed by atoms with Crippen LogP contribution in [0.1, 0.15) is 39.0 Å². The van der Waals surface area contributed by atoms with E-state index in [0.717, 1.165) is 32.7 Å². The minimum Gasteiger partial charge on any atom is -0.378 e. The summed E-state index contributed by atoms with van der Waals surface area (Å²) in [5.74, 6) is 0.296. The van der Waals surface area contributed by atoms with Gasteiger partial charge in [-0.1, -0.05) is 19.3 Å². The van der Waals surface area contributed by atoms with E-state index < -0.39 is 0 Å². The largest absolute Gasteiger partial charge is 0.378 e. The van der Waals surface area contributed by atoms with Gasteiger partial charge in [0, 0.05) is 38.3 Å². The molecule has 5 nitrogen and oxygen atoms in total. The lowest BCUT2D eigenvalue weighted by molar-refractivity contribution is -0.145. The lowest BCUT2D eigenvalue weighted by atomic mass is 9.78. The van der Waals surface area contributed by atoms with Gasteiger partial charge in [0.1, 0.15) is 0 Å². The average Bonchev–Trinajstić information content (AvgIpc) is 2.55. The molecule has 120 valence electrons. The van der Waals surface area contributed by atoms with E-state index in [2.05, 4.69) is 17.1 Å². The minimum atomic E-state index is 0.00306. The number of nitrogens with one attached hydrogen (secondary N) is 1. The molecule has 1 saturated carbocycles. The fourth-order valence-corrected chi connectivity index (χ4v) is 4.32. The molecule has 2 saturated heterocycles. The Balaban J connectivity index is 1.71. The second-order valence-corrected chi connectivity index (χ2v) is 6.77. The molecule has 21 heavy (non-hydrogen) atoms. The second-order valence-electron chi connectivity index (χ2n) is 6.77. The smallest absolute Gasteiger partial charge is 0.239 e. The van der Waals surface area contributed by atoms with E-state index in [1.165, 1.54) is 32.1 Å². The number of carbonyl (C=O) groups excluding carboxylic acids is 1. The van der Waals surface area contributed by atoms with E-state index in [4.69, 9.17) is 4.74 Å². The van der Waals surface area contributed by atoms with Gasteiger partial charge in [-0.15, -0.1) is 0 Å². The lowest BCUT2D eigenvalue weighted by Crippen LogP contribution is -2.66. The van der Waals surface area contributed by atoms with E-state index in [1.54, 1.807) is 0 Å². The van der Waals surface area contributed by atoms with Gasteiger partial charge in [0.25, 0.3) is 0 Å². The van der Waals surface area contributed by atoms with E-state index in [1.807, 2.05) is 4.90 Å². The maximum absolute atomic E-state index is 12.8. The summed E-state index contributed by atoms with van der Waals surface area (Å²) < 4.78 is 5.37. The first-order valence-electron chi connectivity index (χ1n) is 8.57. The van der Waals surface area contributed by atoms with Gasteiger partial charge in [0.15, 0.2) is 0 Å². The molecular formula is C16H29N3O2. The van der Waals surface area contributed by atoms with Gasteiger partial charge in [-0.2, -0.15) is 0 Å². The molecule has 2 heterocycles. The van der Waals surface area contributed by atoms with Gasteiger partial charge in [0.2, 0.25) is 5.91 Å². The predicted octanol–water partition coefficient (Wildman–Crippen LogP) is 0.842. The number of hydrogen-bond acceptors (Lipinski definition) is 4. The normalized spacial score (nSPS) is 28.5. The Bertz CT molecular complexity index is 354. The zero-order valence-corrected chi connectivity index (χ0v) is 13.3. The van der Waals surface area contributed by atoms with Crippen molar-refractivity contribution in [1.82, 2.24) is 15.1 Å². The van der Waals surface area contributed by atoms with Crippen molar-refractivity contribution >= 4 is 5.91 Å². The van der Waals surface area contributed by atoms with Crippen molar-refractivity contribution in [2.75, 3.05) is 45.9 Å². The van der Waals surface area contributed by atoms with E-state index in [0.29, 0.717) is 19.1 Å². The summed E-state index contributed by atoms with van der Waals surface area (Å²) in [5, 5.41) is 3.56. The molecule has 1 atom stereocenters. The Morgan fingerprint density at radius 1 is 1.14 bits per heavy atom. The van der Waals surface area contributed by atoms with Gasteiger partial charge >= 0.3 is 0 Å². The van der Waals surface area contributed by atoms with Gasteiger partial charge < -0.3 is 15.0 Å². The molecule has 0 aromatic carbocycles. The van der Waals surface area contributed by atoms with Crippen LogP contribution in [0.4, 0.5) is 0 Å². The number of amides is 1. The molecule has 0 aromatic rings. The van der Waals surface area contributed by atoms with Crippen LogP contribution < -0.4 is 5.32 Å². The highest BCUT2D eigenvalue weighted by atomic mass is 16.5. The number of ether oxygens (including phenoxy) is 1. The first-order chi connectivity index (χ1) is 10.2. The fourth-order valence-electron chi connectivity index (χ4n) is 4.32. The molecule has 1 aliphatic carbocycles. The number of morpholine rings is 1. The molecule has 1 amide bonds. The summed E-state index contributed by atoms with van der Waals surface area (Å²) in [6, 6.07) is 0.00306. The minimum absolute atomic E-state index is 0.00306. The lowest BCUT2D eigenvalue weighted by Gasteiger charge is -2.52. The molecule has 5 heteroatoms. The van der Waals surface area contributed by atoms with Crippen LogP contribution >= 0.6 is 0 Å². The third-order valence-electron chi connectivity index (χ3n) is 5.52. The van der Waals surface area contributed by atoms with Crippen LogP contribution in [0.3, 0.4) is 0 Å². The highest BCUT2D eigenvalue weighted by Gasteiger charge is 2.44. The highest BCUT2D eigenvalue weighted by molar-refractivity contribution is 5.81. The van der Waals surface area contributed by atoms with Gasteiger partial charge in [0.05, 0.1) is 19.3 Å². The van der Waals surface area contributed by atoms with Crippen LogP contribution in [0.15, 0.2) is 0 Å². The van der Waals surface area contributed by atoms with Crippen LogP contribution in [-0.4, -0.2) is 73.2 Å². The van der Waals surface area contributed by atoms with Gasteiger partial charge in [-0.3, -0.25) is 9.69 Å². The summed E-state index contributed by atoms with van der Waals surface area (Å²) in [4.78, 5) is 17.3. The summed E-state index contributed by atoms with van der Waals surface area (Å²) in [6.07, 6.45) is 6.43. The maximum atomic E-state index is 12.8. The van der Waals surface area contributed by atoms with Crippen molar-refractivity contribution in [2.24, 2.45) is 0 Å². The van der Waals surface area contributed by atoms with Crippen LogP contribution in [0.5, 0.6) is 0 Å². The predicted molar refractivity (Wildman–Crippen MR) is 82.3 cm³/mol. The summed E-state index contributed by atoms with van der Waals surface area (Å²) in [6.45, 7) is 8.04. The Hall–Kier alpha value is -0.650. The summed E-state index contributed by atoms with van der Waals surface area (Å²) >= 11 is 0. The van der Waals surface area contributed by atoms with Crippen molar-refractivity contribution in [3.63, 3.8) is 0 Å². The Labute approximate surface area is 128 Å².